The van der Waals surface area contributed by atoms with Crippen molar-refractivity contribution in [3.8, 4) is 0 Å². The molecule has 3 fully saturated rings. The number of amides is 3. The largest absolute Gasteiger partial charge is 0.477 e. The van der Waals surface area contributed by atoms with Gasteiger partial charge < -0.3 is 36.0 Å². The maximum Gasteiger partial charge on any atom is 0.353 e. The molecule has 0 aromatic carbocycles. The summed E-state index contributed by atoms with van der Waals surface area (Å²) in [6.07, 6.45) is 0.666. The summed E-state index contributed by atoms with van der Waals surface area (Å²) in [5.74, 6) is -2.35. The van der Waals surface area contributed by atoms with Crippen molar-refractivity contribution in [3.63, 3.8) is 0 Å². The second kappa shape index (κ2) is 9.84. The van der Waals surface area contributed by atoms with Crippen LogP contribution in [0.1, 0.15) is 26.7 Å². The number of rotatable bonds is 8. The molecule has 7 atom stereocenters. The number of thioether (sulfide) groups is 1. The second-order valence-electron chi connectivity index (χ2n) is 9.58. The first kappa shape index (κ1) is 25.0. The molecule has 188 valence electrons. The van der Waals surface area contributed by atoms with Crippen LogP contribution < -0.4 is 16.0 Å². The third kappa shape index (κ3) is 4.43. The van der Waals surface area contributed by atoms with Gasteiger partial charge in [0, 0.05) is 41.7 Å². The van der Waals surface area contributed by atoms with E-state index in [0.717, 1.165) is 0 Å². The molecule has 5 N–H and O–H groups in total. The molecule has 11 nitrogen and oxygen atoms in total. The number of carbonyl (C=O) groups excluding carboxylic acids is 3. The molecule has 0 bridgehead atoms. The molecule has 1 unspecified atom stereocenters. The summed E-state index contributed by atoms with van der Waals surface area (Å²) in [4.78, 5) is 53.5. The highest BCUT2D eigenvalue weighted by atomic mass is 32.2. The van der Waals surface area contributed by atoms with Crippen molar-refractivity contribution < 1.29 is 29.4 Å². The van der Waals surface area contributed by atoms with Crippen LogP contribution in [0.5, 0.6) is 0 Å². The average molecular weight is 496 g/mol. The second-order valence-corrected chi connectivity index (χ2v) is 10.9. The Morgan fingerprint density at radius 3 is 2.68 bits per heavy atom. The molecule has 0 aromatic rings. The molecule has 4 aliphatic rings. The van der Waals surface area contributed by atoms with Crippen molar-refractivity contribution in [1.82, 2.24) is 25.8 Å². The molecule has 0 spiro atoms. The minimum atomic E-state index is -1.14. The Labute approximate surface area is 202 Å². The minimum absolute atomic E-state index is 0.00622. The number of likely N-dealkylation sites (tertiary alicyclic amines) is 1. The summed E-state index contributed by atoms with van der Waals surface area (Å²) < 4.78 is 0. The van der Waals surface area contributed by atoms with Gasteiger partial charge in [-0.1, -0.05) is 6.92 Å². The highest BCUT2D eigenvalue weighted by Crippen LogP contribution is 2.51. The molecular formula is C22H33N5O6S. The Morgan fingerprint density at radius 1 is 1.32 bits per heavy atom. The van der Waals surface area contributed by atoms with Gasteiger partial charge in [-0.05, 0) is 26.8 Å². The molecule has 0 aromatic heterocycles. The number of carboxylic acids is 1. The van der Waals surface area contributed by atoms with E-state index in [1.165, 1.54) is 16.7 Å². The van der Waals surface area contributed by atoms with Gasteiger partial charge in [-0.15, -0.1) is 11.8 Å². The van der Waals surface area contributed by atoms with Gasteiger partial charge in [0.1, 0.15) is 5.70 Å². The van der Waals surface area contributed by atoms with Gasteiger partial charge in [0.25, 0.3) is 0 Å². The molecular weight excluding hydrogens is 462 g/mol. The van der Waals surface area contributed by atoms with Crippen LogP contribution in [0, 0.1) is 11.8 Å². The van der Waals surface area contributed by atoms with E-state index < -0.39 is 24.0 Å². The first-order valence-corrected chi connectivity index (χ1v) is 12.6. The monoisotopic (exact) mass is 495 g/mol. The molecule has 3 amide bonds. The van der Waals surface area contributed by atoms with E-state index in [-0.39, 0.29) is 53.2 Å². The first-order chi connectivity index (χ1) is 16.1. The molecule has 0 radical (unpaired) electrons. The number of carboxylic acid groups (broad SMARTS) is 1. The van der Waals surface area contributed by atoms with E-state index in [4.69, 9.17) is 0 Å². The number of hydrogen-bond acceptors (Lipinski definition) is 8. The predicted molar refractivity (Wildman–Crippen MR) is 124 cm³/mol. The number of hydrogen-bond donors (Lipinski definition) is 5. The summed E-state index contributed by atoms with van der Waals surface area (Å²) in [6.45, 7) is 5.29. The van der Waals surface area contributed by atoms with E-state index in [2.05, 4.69) is 16.0 Å². The molecule has 4 rings (SSSR count). The van der Waals surface area contributed by atoms with Crippen molar-refractivity contribution >= 4 is 35.5 Å². The van der Waals surface area contributed by atoms with Gasteiger partial charge in [-0.2, -0.15) is 0 Å². The topological polar surface area (TPSA) is 151 Å². The third-order valence-corrected chi connectivity index (χ3v) is 8.72. The van der Waals surface area contributed by atoms with E-state index in [9.17, 15) is 29.4 Å². The Morgan fingerprint density at radius 2 is 2.06 bits per heavy atom. The van der Waals surface area contributed by atoms with Gasteiger partial charge >= 0.3 is 5.97 Å². The van der Waals surface area contributed by atoms with Crippen LogP contribution in [0.25, 0.3) is 0 Å². The van der Waals surface area contributed by atoms with Crippen LogP contribution >= 0.6 is 11.8 Å². The van der Waals surface area contributed by atoms with Crippen molar-refractivity contribution in [2.45, 2.75) is 56.2 Å². The summed E-state index contributed by atoms with van der Waals surface area (Å²) >= 11 is 1.43. The number of aliphatic hydroxyl groups excluding tert-OH is 1. The molecule has 4 heterocycles. The maximum absolute atomic E-state index is 13.0. The highest BCUT2D eigenvalue weighted by Gasteiger charge is 2.60. The number of carbonyl (C=O) groups is 4. The summed E-state index contributed by atoms with van der Waals surface area (Å²) in [5, 5.41) is 28.5. The fraction of sp³-hybridized carbons (Fsp3) is 0.727. The molecule has 0 saturated carbocycles. The van der Waals surface area contributed by atoms with Crippen LogP contribution in [-0.4, -0.2) is 106 Å². The van der Waals surface area contributed by atoms with Crippen LogP contribution in [0.2, 0.25) is 0 Å². The SMILES string of the molecule is CNCC(=O)NC(C)[C@H]1C(=O)N2C(C(=O)O)=C(S[C@@H]3CN[C@H](C(=O)N4CC[C@@H](O)C4)C3)[C@H](C)[C@H]12. The molecule has 12 heteroatoms. The summed E-state index contributed by atoms with van der Waals surface area (Å²) in [6, 6.07) is -1.09. The zero-order chi connectivity index (χ0) is 24.7. The molecule has 4 aliphatic heterocycles. The smallest absolute Gasteiger partial charge is 0.353 e. The number of fused-ring (bicyclic) bond motifs is 1. The van der Waals surface area contributed by atoms with E-state index in [1.807, 2.05) is 6.92 Å². The number of β-lactam (4-membered cyclic amide) rings is 1. The van der Waals surface area contributed by atoms with Crippen molar-refractivity contribution in [2.75, 3.05) is 33.2 Å². The zero-order valence-electron chi connectivity index (χ0n) is 19.6. The molecule has 34 heavy (non-hydrogen) atoms. The Hall–Kier alpha value is -2.15. The number of aliphatic hydroxyl groups is 1. The van der Waals surface area contributed by atoms with Crippen molar-refractivity contribution in [3.05, 3.63) is 10.6 Å². The standard InChI is InChI=1S/C22H33N5O6S/c1-10-17-16(11(2)25-15(29)8-23-3)21(31)27(17)18(22(32)33)19(10)34-13-6-14(24-7-13)20(30)26-5-4-12(28)9-26/h10-14,16-17,23-24,28H,4-9H2,1-3H3,(H,25,29)(H,32,33)/t10-,11?,12-,13+,14+,16-,17-/m1/s1. The van der Waals surface area contributed by atoms with E-state index >= 15 is 0 Å². The van der Waals surface area contributed by atoms with Gasteiger partial charge in [0.15, 0.2) is 0 Å². The zero-order valence-corrected chi connectivity index (χ0v) is 20.4. The lowest BCUT2D eigenvalue weighted by molar-refractivity contribution is -0.158. The van der Waals surface area contributed by atoms with E-state index in [1.54, 1.807) is 18.9 Å². The first-order valence-electron chi connectivity index (χ1n) is 11.7. The molecule has 0 aliphatic carbocycles. The fourth-order valence-corrected chi connectivity index (χ4v) is 7.05. The number of nitrogens with one attached hydrogen (secondary N) is 3. The Balaban J connectivity index is 1.43. The predicted octanol–water partition coefficient (Wildman–Crippen LogP) is -1.46. The minimum Gasteiger partial charge on any atom is -0.477 e. The Bertz CT molecular complexity index is 912. The number of likely N-dealkylation sites (N-methyl/N-ethyl adjacent to an activating group) is 1. The van der Waals surface area contributed by atoms with Crippen LogP contribution in [0.3, 0.4) is 0 Å². The lowest BCUT2D eigenvalue weighted by Gasteiger charge is -2.47. The van der Waals surface area contributed by atoms with Crippen LogP contribution in [0.15, 0.2) is 10.6 Å². The Kier molecular flexibility index (Phi) is 7.22. The average Bonchev–Trinajstić information content (AvgIpc) is 3.46. The van der Waals surface area contributed by atoms with Gasteiger partial charge in [0.05, 0.1) is 30.7 Å². The van der Waals surface area contributed by atoms with Crippen LogP contribution in [0.4, 0.5) is 0 Å². The van der Waals surface area contributed by atoms with Crippen LogP contribution in [-0.2, 0) is 19.2 Å². The highest BCUT2D eigenvalue weighted by molar-refractivity contribution is 8.03. The lowest BCUT2D eigenvalue weighted by atomic mass is 9.78. The van der Waals surface area contributed by atoms with Crippen molar-refractivity contribution in [1.29, 1.82) is 0 Å². The van der Waals surface area contributed by atoms with Crippen molar-refractivity contribution in [2.24, 2.45) is 11.8 Å². The third-order valence-electron chi connectivity index (χ3n) is 7.21. The van der Waals surface area contributed by atoms with Gasteiger partial charge in [0.2, 0.25) is 17.7 Å². The maximum atomic E-state index is 13.0. The number of aliphatic carboxylic acids is 1. The normalized spacial score (nSPS) is 33.7. The van der Waals surface area contributed by atoms with Gasteiger partial charge in [-0.25, -0.2) is 4.79 Å². The summed E-state index contributed by atoms with van der Waals surface area (Å²) in [7, 11) is 1.66. The van der Waals surface area contributed by atoms with Gasteiger partial charge in [-0.3, -0.25) is 14.4 Å². The fourth-order valence-electron chi connectivity index (χ4n) is 5.58. The van der Waals surface area contributed by atoms with E-state index in [0.29, 0.717) is 37.4 Å². The lowest BCUT2D eigenvalue weighted by Crippen LogP contribution is -2.66. The quantitative estimate of drug-likeness (QED) is 0.255. The summed E-state index contributed by atoms with van der Waals surface area (Å²) in [5.41, 5.74) is 0.0231. The number of nitrogens with zero attached hydrogens (tertiary/aromatic N) is 2. The number of β-amino-alcohol motifs (C(OH)–C–C–N with tert-alkyl or cyclic N) is 1. The molecule has 3 saturated heterocycles.